The third-order valence-corrected chi connectivity index (χ3v) is 22.5. The molecular formula is C106H102F3NO28S2. The van der Waals surface area contributed by atoms with Gasteiger partial charge in [-0.3, -0.25) is 4.55 Å². The Hall–Kier alpha value is -15.9. The molecule has 1 aliphatic rings. The summed E-state index contributed by atoms with van der Waals surface area (Å²) in [7, 11) is -9.21. The van der Waals surface area contributed by atoms with E-state index in [4.69, 9.17) is 42.6 Å². The number of benzene rings is 12. The Morgan fingerprint density at radius 2 is 0.707 bits per heavy atom. The van der Waals surface area contributed by atoms with Crippen molar-refractivity contribution in [1.29, 1.82) is 0 Å². The van der Waals surface area contributed by atoms with Crippen molar-refractivity contribution >= 4 is 156 Å². The number of esters is 10. The lowest BCUT2D eigenvalue weighted by Gasteiger charge is -2.21. The van der Waals surface area contributed by atoms with Gasteiger partial charge in [0.1, 0.15) is 33.6 Å². The molecule has 140 heavy (non-hydrogen) atoms. The van der Waals surface area contributed by atoms with Crippen molar-refractivity contribution in [1.82, 2.24) is 0 Å². The summed E-state index contributed by atoms with van der Waals surface area (Å²) in [5, 5.41) is 45.6. The fraction of sp³-hybridized carbons (Fsp3) is 0.198. The van der Waals surface area contributed by atoms with E-state index in [0.29, 0.717) is 56.4 Å². The van der Waals surface area contributed by atoms with E-state index in [2.05, 4.69) is 50.1 Å². The number of aliphatic hydroxyl groups excluding tert-OH is 1. The molecule has 0 saturated heterocycles. The van der Waals surface area contributed by atoms with Gasteiger partial charge in [0.2, 0.25) is 27.2 Å². The first kappa shape index (κ1) is 109. The number of nitrogens with one attached hydrogen (secondary N) is 1. The van der Waals surface area contributed by atoms with E-state index in [1.165, 1.54) is 69.7 Å². The average Bonchev–Trinajstić information content (AvgIpc) is 0.725. The highest BCUT2D eigenvalue weighted by molar-refractivity contribution is 8.02. The van der Waals surface area contributed by atoms with Crippen LogP contribution in [0.2, 0.25) is 0 Å². The van der Waals surface area contributed by atoms with Gasteiger partial charge in [-0.05, 0) is 194 Å². The SMILES string of the molecule is C=C(C)C(=O)OCOC(=O)c1c2ccccc2c(S(=O)(=O)O)c2ccccc12.C=C(C)C(=O)OCOC(=O)c1ccc(C(C)(C)O)c2ccccc12.C=C(C)C(=O)OCOC(=O)c1ccc(C(C)(C)O)c2ccccc12.C=C(C)C(=O)OCOC(=O)c1ccc(NS(=C)(=O)C(F)(F)F)c2ccccc12.C=C(C)C(=O)OCc1ccc2c(c1)CC=C(O)C2.C=C(C)C(=O)OCc1cccc2c(O)cccc12. The first-order valence-corrected chi connectivity index (χ1v) is 45.4. The largest absolute Gasteiger partial charge is 0.512 e. The van der Waals surface area contributed by atoms with Crippen LogP contribution in [0, 0.1) is 0 Å². The van der Waals surface area contributed by atoms with Gasteiger partial charge in [0, 0.05) is 61.4 Å². The van der Waals surface area contributed by atoms with Crippen molar-refractivity contribution in [2.45, 2.75) is 117 Å². The van der Waals surface area contributed by atoms with Crippen molar-refractivity contribution in [2.75, 3.05) is 31.9 Å². The van der Waals surface area contributed by atoms with Crippen molar-refractivity contribution in [3.63, 3.8) is 0 Å². The summed E-state index contributed by atoms with van der Waals surface area (Å²) in [5.41, 5.74) is 0.605. The summed E-state index contributed by atoms with van der Waals surface area (Å²) in [5.74, 6) is -2.98. The molecule has 0 aromatic heterocycles. The number of phenols is 1. The summed E-state index contributed by atoms with van der Waals surface area (Å²) in [6.07, 6.45) is 3.12. The first-order valence-electron chi connectivity index (χ1n) is 42.2. The van der Waals surface area contributed by atoms with Crippen LogP contribution in [0.3, 0.4) is 0 Å². The second kappa shape index (κ2) is 48.2. The fourth-order valence-corrected chi connectivity index (χ4v) is 15.0. The number of halogens is 3. The molecule has 0 radical (unpaired) electrons. The Kier molecular flexibility index (Phi) is 37.7. The summed E-state index contributed by atoms with van der Waals surface area (Å²) in [6.45, 7) is 34.8. The summed E-state index contributed by atoms with van der Waals surface area (Å²) >= 11 is 0. The van der Waals surface area contributed by atoms with Crippen LogP contribution < -0.4 is 4.72 Å². The highest BCUT2D eigenvalue weighted by atomic mass is 32.2. The maximum Gasteiger partial charge on any atom is 0.481 e. The van der Waals surface area contributed by atoms with Gasteiger partial charge in [0.25, 0.3) is 10.1 Å². The molecule has 1 aliphatic carbocycles. The maximum absolute atomic E-state index is 12.9. The highest BCUT2D eigenvalue weighted by Crippen LogP contribution is 2.39. The van der Waals surface area contributed by atoms with Gasteiger partial charge in [0.05, 0.1) is 44.9 Å². The predicted molar refractivity (Wildman–Crippen MR) is 523 cm³/mol. The van der Waals surface area contributed by atoms with Gasteiger partial charge in [0.15, 0.2) is 0 Å². The lowest BCUT2D eigenvalue weighted by molar-refractivity contribution is -0.148. The Balaban J connectivity index is 0.000000207. The minimum absolute atomic E-state index is 0.0232. The summed E-state index contributed by atoms with van der Waals surface area (Å²) in [4.78, 5) is 117. The number of fused-ring (bicyclic) bond motifs is 7. The summed E-state index contributed by atoms with van der Waals surface area (Å²) < 4.78 is 135. The zero-order valence-electron chi connectivity index (χ0n) is 78.0. The average molecular weight is 1960 g/mol. The molecule has 732 valence electrons. The standard InChI is InChI=1S/C20H16O7S.2C19H20O5.C18H16F3NO5S.C15H14O3.C15H16O3/c1-12(2)19(21)26-11-27-20(22)17-13-7-3-5-9-15(13)18(28(23,24)25)16-10-6-4-8-14(16)17;2*1-12(2)17(20)23-11-24-18(21)15-9-10-16(19(3,4)22)14-8-6-5-7-13(14)15;1-11(2)16(23)26-10-27-17(24)14-8-9-15(13-7-5-4-6-12(13)14)22-28(3,25)18(19,20)21;1-10(2)15(17)18-9-11-5-3-7-13-12(11)6-4-8-14(13)16;1-10(2)15(17)18-9-11-3-4-13-8-14(16)6-5-12(13)7-11/h3-10H,1,11H2,2H3,(H,23,24,25);2*5-10,22H,1,11H2,2-4H3;4-9H,1,3,10H2,2H3,(H,22,25);3-8,16H,1,9H2,2H3;3-4,6-7,16H,1,5,8-9H2,2H3. The van der Waals surface area contributed by atoms with Gasteiger partial charge in [-0.15, -0.1) is 0 Å². The molecule has 12 aromatic carbocycles. The van der Waals surface area contributed by atoms with Crippen molar-refractivity contribution < 1.29 is 146 Å². The molecule has 0 saturated carbocycles. The highest BCUT2D eigenvalue weighted by Gasteiger charge is 2.40. The molecule has 1 atom stereocenters. The number of rotatable bonds is 27. The maximum atomic E-state index is 12.9. The molecule has 0 aliphatic heterocycles. The van der Waals surface area contributed by atoms with Crippen LogP contribution >= 0.6 is 0 Å². The van der Waals surface area contributed by atoms with Gasteiger partial charge in [-0.1, -0.05) is 221 Å². The second-order valence-corrected chi connectivity index (χ2v) is 35.8. The molecule has 0 bridgehead atoms. The van der Waals surface area contributed by atoms with E-state index in [1.54, 1.807) is 145 Å². The number of aromatic hydroxyl groups is 1. The lowest BCUT2D eigenvalue weighted by Crippen LogP contribution is -2.29. The number of hydrogen-bond acceptors (Lipinski definition) is 27. The number of alkyl halides is 3. The van der Waals surface area contributed by atoms with E-state index in [-0.39, 0.29) is 101 Å². The molecule has 29 nitrogen and oxygen atoms in total. The normalized spacial score (nSPS) is 11.8. The van der Waals surface area contributed by atoms with Gasteiger partial charge < -0.3 is 72.5 Å². The van der Waals surface area contributed by atoms with Crippen LogP contribution in [-0.4, -0.2) is 136 Å². The third kappa shape index (κ3) is 29.6. The molecule has 0 heterocycles. The van der Waals surface area contributed by atoms with Crippen LogP contribution in [0.4, 0.5) is 18.9 Å². The van der Waals surface area contributed by atoms with Crippen LogP contribution in [0.5, 0.6) is 5.75 Å². The molecule has 6 N–H and O–H groups in total. The van der Waals surface area contributed by atoms with Gasteiger partial charge in [-0.2, -0.15) is 21.6 Å². The van der Waals surface area contributed by atoms with Gasteiger partial charge >= 0.3 is 65.2 Å². The molecule has 13 rings (SSSR count). The van der Waals surface area contributed by atoms with E-state index >= 15 is 0 Å². The lowest BCUT2D eigenvalue weighted by atomic mass is 9.90. The number of anilines is 1. The Bertz CT molecular complexity index is 6990. The van der Waals surface area contributed by atoms with Crippen molar-refractivity contribution in [3.8, 4) is 5.75 Å². The molecular weight excluding hydrogens is 1860 g/mol. The fourth-order valence-electron chi connectivity index (χ4n) is 13.4. The molecule has 1 unspecified atom stereocenters. The number of allylic oxidation sites excluding steroid dienone is 2. The second-order valence-electron chi connectivity index (χ2n) is 32.5. The number of hydrogen-bond donors (Lipinski definition) is 6. The van der Waals surface area contributed by atoms with Crippen LogP contribution in [0.1, 0.15) is 144 Å². The number of carbonyl (C=O) groups excluding carboxylic acids is 10. The van der Waals surface area contributed by atoms with E-state index in [9.17, 15) is 98.7 Å². The minimum Gasteiger partial charge on any atom is -0.512 e. The van der Waals surface area contributed by atoms with E-state index < -0.39 is 117 Å². The van der Waals surface area contributed by atoms with Crippen molar-refractivity contribution in [3.05, 3.63) is 353 Å². The molecule has 34 heteroatoms. The Morgan fingerprint density at radius 1 is 0.371 bits per heavy atom. The topological polar surface area (TPSA) is 427 Å². The molecule has 0 amide bonds. The monoisotopic (exact) mass is 1960 g/mol. The summed E-state index contributed by atoms with van der Waals surface area (Å²) in [6, 6.07) is 58.7. The van der Waals surface area contributed by atoms with Crippen molar-refractivity contribution in [2.24, 2.45) is 0 Å². The molecule has 12 aromatic rings. The van der Waals surface area contributed by atoms with Crippen LogP contribution in [-0.2, 0) is 133 Å². The smallest absolute Gasteiger partial charge is 0.481 e. The number of carbonyl (C=O) groups is 10. The van der Waals surface area contributed by atoms with Gasteiger partial charge in [-0.25, -0.2) is 52.2 Å². The molecule has 0 fully saturated rings. The number of ether oxygens (including phenoxy) is 10. The van der Waals surface area contributed by atoms with Crippen LogP contribution in [0.15, 0.2) is 302 Å². The van der Waals surface area contributed by atoms with Crippen LogP contribution in [0.25, 0.3) is 64.6 Å². The third-order valence-electron chi connectivity index (χ3n) is 20.3. The predicted octanol–water partition coefficient (Wildman–Crippen LogP) is 19.7. The first-order chi connectivity index (χ1) is 65.7. The quantitative estimate of drug-likeness (QED) is 0.00529. The number of aliphatic hydroxyl groups is 3. The van der Waals surface area contributed by atoms with E-state index in [0.717, 1.165) is 50.7 Å². The Labute approximate surface area is 804 Å². The Morgan fingerprint density at radius 3 is 1.10 bits per heavy atom. The minimum atomic E-state index is -5.06. The molecule has 0 spiro atoms. The zero-order valence-corrected chi connectivity index (χ0v) is 79.6. The number of phenolic OH excluding ortho intramolecular Hbond substituents is 1. The zero-order chi connectivity index (χ0) is 104. The van der Waals surface area contributed by atoms with E-state index in [1.807, 2.05) is 77.5 Å².